The number of aromatic nitrogens is 4. The topological polar surface area (TPSA) is 61.8 Å². The van der Waals surface area contributed by atoms with Gasteiger partial charge in [0.15, 0.2) is 15.9 Å². The normalized spacial score (nSPS) is 11.3. The summed E-state index contributed by atoms with van der Waals surface area (Å²) in [5.74, 6) is 0. The van der Waals surface area contributed by atoms with Gasteiger partial charge >= 0.3 is 5.69 Å². The van der Waals surface area contributed by atoms with E-state index in [-0.39, 0.29) is 12.1 Å². The fraction of sp³-hybridized carbons (Fsp3) is 0.150. The molecule has 0 bridgehead atoms. The molecule has 0 atom stereocenters. The Morgan fingerprint density at radius 2 is 1.28 bits per heavy atom. The van der Waals surface area contributed by atoms with Gasteiger partial charge in [-0.2, -0.15) is 0 Å². The first-order valence-electron chi connectivity index (χ1n) is 8.69. The second-order valence-corrected chi connectivity index (χ2v) is 9.17. The maximum Gasteiger partial charge on any atom is 0.332 e. The van der Waals surface area contributed by atoms with Crippen LogP contribution in [0.15, 0.2) is 71.8 Å². The summed E-state index contributed by atoms with van der Waals surface area (Å²) in [6.07, 6.45) is 0. The van der Waals surface area contributed by atoms with E-state index in [0.29, 0.717) is 22.4 Å². The fourth-order valence-electron chi connectivity index (χ4n) is 3.17. The molecule has 0 saturated heterocycles. The molecule has 9 heteroatoms. The van der Waals surface area contributed by atoms with E-state index in [1.54, 1.807) is 11.6 Å². The lowest BCUT2D eigenvalue weighted by molar-refractivity contribution is 0.653. The minimum Gasteiger partial charge on any atom is -0.308 e. The van der Waals surface area contributed by atoms with Crippen molar-refractivity contribution in [2.45, 2.75) is 13.1 Å². The zero-order chi connectivity index (χ0) is 20.7. The van der Waals surface area contributed by atoms with E-state index in [2.05, 4.69) is 52.8 Å². The van der Waals surface area contributed by atoms with Gasteiger partial charge in [0, 0.05) is 16.0 Å². The Morgan fingerprint density at radius 1 is 0.793 bits per heavy atom. The number of rotatable bonds is 4. The quantitative estimate of drug-likeness (QED) is 0.338. The highest BCUT2D eigenvalue weighted by Gasteiger charge is 2.19. The smallest absolute Gasteiger partial charge is 0.308 e. The molecule has 0 aliphatic rings. The number of imidazole rings is 1. The van der Waals surface area contributed by atoms with Gasteiger partial charge in [-0.1, -0.05) is 56.1 Å². The lowest BCUT2D eigenvalue weighted by Gasteiger charge is -2.10. The summed E-state index contributed by atoms with van der Waals surface area (Å²) >= 11 is 10.3. The summed E-state index contributed by atoms with van der Waals surface area (Å²) in [6.45, 7) is 0.645. The van der Waals surface area contributed by atoms with Crippen LogP contribution in [0.3, 0.4) is 0 Å². The van der Waals surface area contributed by atoms with Crippen molar-refractivity contribution in [3.63, 3.8) is 0 Å². The Hall–Kier alpha value is -1.97. The SMILES string of the molecule is Cn1c(=O)n(Cc2ccc(Br)cc2)c(=O)c2c1nc(Br)n2Cc1ccc(Br)cc1. The molecule has 2 heterocycles. The third-order valence-corrected chi connectivity index (χ3v) is 6.36. The van der Waals surface area contributed by atoms with Crippen LogP contribution in [0.25, 0.3) is 11.2 Å². The number of benzene rings is 2. The number of fused-ring (bicyclic) bond motifs is 1. The van der Waals surface area contributed by atoms with Crippen LogP contribution in [0.2, 0.25) is 0 Å². The molecule has 2 aromatic heterocycles. The van der Waals surface area contributed by atoms with E-state index < -0.39 is 5.69 Å². The third kappa shape index (κ3) is 3.91. The zero-order valence-corrected chi connectivity index (χ0v) is 20.0. The Balaban J connectivity index is 1.87. The molecule has 0 amide bonds. The first-order valence-corrected chi connectivity index (χ1v) is 11.1. The molecule has 29 heavy (non-hydrogen) atoms. The fourth-order valence-corrected chi connectivity index (χ4v) is 4.17. The highest BCUT2D eigenvalue weighted by atomic mass is 79.9. The molecule has 2 aromatic carbocycles. The molecule has 148 valence electrons. The van der Waals surface area contributed by atoms with Gasteiger partial charge in [-0.15, -0.1) is 0 Å². The van der Waals surface area contributed by atoms with Gasteiger partial charge in [-0.05, 0) is 51.3 Å². The lowest BCUT2D eigenvalue weighted by atomic mass is 10.2. The average Bonchev–Trinajstić information content (AvgIpc) is 3.03. The van der Waals surface area contributed by atoms with Crippen molar-refractivity contribution < 1.29 is 0 Å². The Morgan fingerprint density at radius 3 is 1.79 bits per heavy atom. The molecular formula is C20H15Br3N4O2. The molecule has 0 saturated carbocycles. The molecule has 0 spiro atoms. The van der Waals surface area contributed by atoms with Crippen molar-refractivity contribution in [2.75, 3.05) is 0 Å². The van der Waals surface area contributed by atoms with Crippen LogP contribution >= 0.6 is 47.8 Å². The van der Waals surface area contributed by atoms with Gasteiger partial charge in [0.1, 0.15) is 0 Å². The van der Waals surface area contributed by atoms with Crippen LogP contribution in [0.4, 0.5) is 0 Å². The van der Waals surface area contributed by atoms with Crippen LogP contribution in [0, 0.1) is 0 Å². The van der Waals surface area contributed by atoms with E-state index in [4.69, 9.17) is 0 Å². The summed E-state index contributed by atoms with van der Waals surface area (Å²) in [4.78, 5) is 30.6. The molecule has 0 N–H and O–H groups in total. The highest BCUT2D eigenvalue weighted by Crippen LogP contribution is 2.20. The third-order valence-electron chi connectivity index (χ3n) is 4.69. The largest absolute Gasteiger partial charge is 0.332 e. The lowest BCUT2D eigenvalue weighted by Crippen LogP contribution is -2.40. The number of aryl methyl sites for hydroxylation is 1. The van der Waals surface area contributed by atoms with Crippen LogP contribution in [-0.4, -0.2) is 18.7 Å². The molecular weight excluding hydrogens is 568 g/mol. The first kappa shape index (κ1) is 20.3. The van der Waals surface area contributed by atoms with Crippen molar-refractivity contribution in [3.05, 3.63) is 94.2 Å². The van der Waals surface area contributed by atoms with Gasteiger partial charge in [0.05, 0.1) is 13.1 Å². The molecule has 0 unspecified atom stereocenters. The Kier molecular flexibility index (Phi) is 5.63. The number of nitrogens with zero attached hydrogens (tertiary/aromatic N) is 4. The van der Waals surface area contributed by atoms with Crippen LogP contribution in [0.1, 0.15) is 11.1 Å². The van der Waals surface area contributed by atoms with Gasteiger partial charge in [-0.25, -0.2) is 9.78 Å². The molecule has 0 radical (unpaired) electrons. The van der Waals surface area contributed by atoms with Gasteiger partial charge in [0.25, 0.3) is 5.56 Å². The molecule has 0 fully saturated rings. The van der Waals surface area contributed by atoms with Gasteiger partial charge in [-0.3, -0.25) is 13.9 Å². The Labute approximate surface area is 191 Å². The van der Waals surface area contributed by atoms with Gasteiger partial charge in [0.2, 0.25) is 0 Å². The maximum absolute atomic E-state index is 13.3. The summed E-state index contributed by atoms with van der Waals surface area (Å²) in [5.41, 5.74) is 1.87. The predicted molar refractivity (Wildman–Crippen MR) is 123 cm³/mol. The molecule has 4 rings (SSSR count). The molecule has 6 nitrogen and oxygen atoms in total. The zero-order valence-electron chi connectivity index (χ0n) is 15.3. The van der Waals surface area contributed by atoms with E-state index in [9.17, 15) is 9.59 Å². The van der Waals surface area contributed by atoms with Crippen molar-refractivity contribution in [3.8, 4) is 0 Å². The van der Waals surface area contributed by atoms with Crippen molar-refractivity contribution in [2.24, 2.45) is 7.05 Å². The van der Waals surface area contributed by atoms with E-state index >= 15 is 0 Å². The molecule has 4 aromatic rings. The Bertz CT molecular complexity index is 1320. The van der Waals surface area contributed by atoms with Crippen LogP contribution < -0.4 is 11.2 Å². The van der Waals surface area contributed by atoms with Crippen molar-refractivity contribution >= 4 is 59.0 Å². The maximum atomic E-state index is 13.3. The standard InChI is InChI=1S/C20H15Br3N4O2/c1-25-17-16(26(19(23)24-17)10-12-2-6-14(21)7-3-12)18(28)27(20(25)29)11-13-4-8-15(22)9-5-13/h2-9H,10-11H2,1H3. The number of hydrogen-bond acceptors (Lipinski definition) is 3. The van der Waals surface area contributed by atoms with E-state index in [1.807, 2.05) is 48.5 Å². The summed E-state index contributed by atoms with van der Waals surface area (Å²) in [5, 5.41) is 0. The summed E-state index contributed by atoms with van der Waals surface area (Å²) < 4.78 is 6.88. The monoisotopic (exact) mass is 580 g/mol. The second-order valence-electron chi connectivity index (χ2n) is 6.63. The summed E-state index contributed by atoms with van der Waals surface area (Å²) in [7, 11) is 1.63. The van der Waals surface area contributed by atoms with Crippen molar-refractivity contribution in [1.29, 1.82) is 0 Å². The van der Waals surface area contributed by atoms with E-state index in [1.165, 1.54) is 9.13 Å². The number of halogens is 3. The minimum atomic E-state index is -0.397. The van der Waals surface area contributed by atoms with Gasteiger partial charge < -0.3 is 4.57 Å². The van der Waals surface area contributed by atoms with Crippen LogP contribution in [0.5, 0.6) is 0 Å². The average molecular weight is 583 g/mol. The highest BCUT2D eigenvalue weighted by molar-refractivity contribution is 9.11. The number of hydrogen-bond donors (Lipinski definition) is 0. The molecule has 0 aliphatic carbocycles. The predicted octanol–water partition coefficient (Wildman–Crippen LogP) is 4.28. The first-order chi connectivity index (χ1) is 13.8. The molecule has 0 aliphatic heterocycles. The second kappa shape index (κ2) is 8.04. The van der Waals surface area contributed by atoms with Crippen molar-refractivity contribution in [1.82, 2.24) is 18.7 Å². The van der Waals surface area contributed by atoms with E-state index in [0.717, 1.165) is 20.1 Å². The minimum absolute atomic E-state index is 0.190. The summed E-state index contributed by atoms with van der Waals surface area (Å²) in [6, 6.07) is 15.4. The van der Waals surface area contributed by atoms with Crippen LogP contribution in [-0.2, 0) is 20.1 Å².